The molecule has 2 heterocycles. The van der Waals surface area contributed by atoms with E-state index in [1.54, 1.807) is 41.5 Å². The number of ether oxygens (including phenoxy) is 6. The number of carbonyl (C=O) groups is 4. The van der Waals surface area contributed by atoms with Gasteiger partial charge in [0.2, 0.25) is 25.1 Å². The van der Waals surface area contributed by atoms with E-state index in [1.165, 1.54) is 36.4 Å². The molecule has 0 unspecified atom stereocenters. The van der Waals surface area contributed by atoms with E-state index in [-0.39, 0.29) is 46.7 Å². The van der Waals surface area contributed by atoms with Crippen molar-refractivity contribution in [3.05, 3.63) is 80.5 Å². The zero-order valence-electron chi connectivity index (χ0n) is 28.2. The van der Waals surface area contributed by atoms with E-state index in [1.807, 2.05) is 0 Å². The van der Waals surface area contributed by atoms with Gasteiger partial charge < -0.3 is 42.4 Å². The van der Waals surface area contributed by atoms with Gasteiger partial charge in [-0.25, -0.2) is 9.59 Å². The van der Waals surface area contributed by atoms with Gasteiger partial charge in [0.1, 0.15) is 52.8 Å². The summed E-state index contributed by atoms with van der Waals surface area (Å²) in [6.07, 6.45) is -1.25. The Labute approximate surface area is 284 Å². The normalized spacial score (nSPS) is 11.7. The zero-order chi connectivity index (χ0) is 36.8. The average molecular weight is 697 g/mol. The van der Waals surface area contributed by atoms with Gasteiger partial charge in [0.05, 0.1) is 10.8 Å². The summed E-state index contributed by atoms with van der Waals surface area (Å²) >= 11 is 0. The highest BCUT2D eigenvalue weighted by Gasteiger charge is 2.25. The highest BCUT2D eigenvalue weighted by atomic mass is 16.7. The molecule has 2 aromatic heterocycles. The molecule has 0 aliphatic heterocycles. The number of rotatable bonds is 12. The molecular weight excluding hydrogens is 660 g/mol. The van der Waals surface area contributed by atoms with Crippen molar-refractivity contribution in [3.8, 4) is 11.5 Å². The summed E-state index contributed by atoms with van der Waals surface area (Å²) in [6.45, 7) is 7.76. The van der Waals surface area contributed by atoms with Gasteiger partial charge in [-0.2, -0.15) is 0 Å². The molecule has 0 radical (unpaired) electrons. The first kappa shape index (κ1) is 37.1. The van der Waals surface area contributed by atoms with Crippen molar-refractivity contribution in [1.82, 2.24) is 0 Å². The van der Waals surface area contributed by atoms with E-state index in [0.717, 1.165) is 12.1 Å². The first-order valence-corrected chi connectivity index (χ1v) is 15.2. The summed E-state index contributed by atoms with van der Waals surface area (Å²) in [5, 5.41) is 10.6. The third-order valence-corrected chi connectivity index (χ3v) is 6.68. The lowest BCUT2D eigenvalue weighted by molar-refractivity contribution is -0.162. The Morgan fingerprint density at radius 1 is 0.640 bits per heavy atom. The van der Waals surface area contributed by atoms with E-state index in [0.29, 0.717) is 0 Å². The molecule has 2 aromatic carbocycles. The molecule has 0 amide bonds. The fourth-order valence-electron chi connectivity index (χ4n) is 4.07. The van der Waals surface area contributed by atoms with E-state index in [9.17, 15) is 33.9 Å². The zero-order valence-corrected chi connectivity index (χ0v) is 28.2. The van der Waals surface area contributed by atoms with E-state index < -0.39 is 76.8 Å². The molecule has 266 valence electrons. The third kappa shape index (κ3) is 9.25. The lowest BCUT2D eigenvalue weighted by atomic mass is 9.97. The largest absolute Gasteiger partial charge is 0.490 e. The van der Waals surface area contributed by atoms with E-state index in [4.69, 9.17) is 37.3 Å². The van der Waals surface area contributed by atoms with E-state index >= 15 is 0 Å². The van der Waals surface area contributed by atoms with Crippen LogP contribution in [-0.2, 0) is 28.5 Å². The number of esters is 4. The van der Waals surface area contributed by atoms with Crippen molar-refractivity contribution >= 4 is 45.8 Å². The Balaban J connectivity index is 1.37. The van der Waals surface area contributed by atoms with Gasteiger partial charge in [0.25, 0.3) is 0 Å². The minimum absolute atomic E-state index is 0.00368. The van der Waals surface area contributed by atoms with Gasteiger partial charge in [-0.1, -0.05) is 12.1 Å². The Hall–Kier alpha value is -5.70. The molecule has 4 aromatic rings. The summed E-state index contributed by atoms with van der Waals surface area (Å²) in [7, 11) is 0. The molecule has 0 aliphatic carbocycles. The lowest BCUT2D eigenvalue weighted by Crippen LogP contribution is -2.26. The van der Waals surface area contributed by atoms with Crippen LogP contribution in [0.3, 0.4) is 0 Å². The van der Waals surface area contributed by atoms with Crippen LogP contribution in [0.2, 0.25) is 0 Å². The van der Waals surface area contributed by atoms with Gasteiger partial charge in [0.15, 0.2) is 10.9 Å². The Bertz CT molecular complexity index is 1880. The molecule has 0 bridgehead atoms. The maximum atomic E-state index is 12.9. The second-order valence-corrected chi connectivity index (χ2v) is 12.9. The smallest absolute Gasteiger partial charge is 0.377 e. The van der Waals surface area contributed by atoms with Crippen molar-refractivity contribution in [2.24, 2.45) is 10.8 Å². The summed E-state index contributed by atoms with van der Waals surface area (Å²) in [5.41, 5.74) is -2.89. The monoisotopic (exact) mass is 696 g/mol. The van der Waals surface area contributed by atoms with Gasteiger partial charge in [0, 0.05) is 12.1 Å². The van der Waals surface area contributed by atoms with Crippen LogP contribution in [0.25, 0.3) is 21.9 Å². The Morgan fingerprint density at radius 2 is 1.02 bits per heavy atom. The molecule has 0 spiro atoms. The maximum Gasteiger partial charge on any atom is 0.377 e. The van der Waals surface area contributed by atoms with Crippen molar-refractivity contribution in [1.29, 1.82) is 0 Å². The van der Waals surface area contributed by atoms with Crippen LogP contribution >= 0.6 is 0 Å². The lowest BCUT2D eigenvalue weighted by Gasteiger charge is -2.16. The first-order chi connectivity index (χ1) is 23.5. The fraction of sp³-hybridized carbons (Fsp3) is 0.371. The fourth-order valence-corrected chi connectivity index (χ4v) is 4.07. The average Bonchev–Trinajstić information content (AvgIpc) is 3.04. The molecule has 15 nitrogen and oxygen atoms in total. The predicted molar refractivity (Wildman–Crippen MR) is 174 cm³/mol. The van der Waals surface area contributed by atoms with Crippen LogP contribution < -0.4 is 20.3 Å². The maximum absolute atomic E-state index is 12.9. The van der Waals surface area contributed by atoms with Gasteiger partial charge in [-0.15, -0.1) is 0 Å². The third-order valence-electron chi connectivity index (χ3n) is 6.68. The quantitative estimate of drug-likeness (QED) is 0.163. The predicted octanol–water partition coefficient (Wildman–Crippen LogP) is 4.13. The number of fused-ring (bicyclic) bond motifs is 2. The first-order valence-electron chi connectivity index (χ1n) is 15.2. The van der Waals surface area contributed by atoms with Crippen molar-refractivity contribution in [3.63, 3.8) is 0 Å². The number of benzene rings is 2. The highest BCUT2D eigenvalue weighted by Crippen LogP contribution is 2.26. The summed E-state index contributed by atoms with van der Waals surface area (Å²) in [4.78, 5) is 74.4. The number of aliphatic hydroxyl groups is 1. The van der Waals surface area contributed by atoms with Crippen LogP contribution in [0.1, 0.15) is 62.7 Å². The number of aliphatic hydroxyl groups excluding tert-OH is 1. The molecule has 0 fully saturated rings. The molecule has 1 N–H and O–H groups in total. The molecule has 0 atom stereocenters. The molecular formula is C35H36O15. The van der Waals surface area contributed by atoms with E-state index in [2.05, 4.69) is 0 Å². The van der Waals surface area contributed by atoms with Crippen LogP contribution in [0.4, 0.5) is 0 Å². The van der Waals surface area contributed by atoms with Gasteiger partial charge in [-0.05, 0) is 65.8 Å². The van der Waals surface area contributed by atoms with Crippen LogP contribution in [0.5, 0.6) is 11.5 Å². The second kappa shape index (κ2) is 15.2. The molecule has 15 heteroatoms. The second-order valence-electron chi connectivity index (χ2n) is 12.9. The summed E-state index contributed by atoms with van der Waals surface area (Å²) in [6, 6.07) is 10.6. The van der Waals surface area contributed by atoms with Crippen LogP contribution in [0.15, 0.2) is 67.0 Å². The topological polar surface area (TPSA) is 204 Å². The number of carbonyl (C=O) groups excluding carboxylic acids is 4. The molecule has 50 heavy (non-hydrogen) atoms. The summed E-state index contributed by atoms with van der Waals surface area (Å²) < 4.78 is 42.0. The van der Waals surface area contributed by atoms with Crippen LogP contribution in [0, 0.1) is 10.8 Å². The molecule has 4 rings (SSSR count). The molecule has 0 saturated carbocycles. The number of hydrogen-bond donors (Lipinski definition) is 1. The highest BCUT2D eigenvalue weighted by molar-refractivity contribution is 5.91. The minimum Gasteiger partial charge on any atom is -0.490 e. The standard InChI is InChI=1S/C35H36O15/c1-34(2,3)32(41)47-17-45-30(39)26-13-20(37)28-22(9-7-11-24(28)49-26)43-15-19(36)16-44-23-10-8-12-25-29(23)21(38)14-27(50-25)31(40)46-18-48-33(42)35(4,5)6/h7-14,19,36H,15-18H2,1-6H3. The Kier molecular flexibility index (Phi) is 11.3. The van der Waals surface area contributed by atoms with Crippen molar-refractivity contribution in [2.75, 3.05) is 26.8 Å². The minimum atomic E-state index is -1.25. The van der Waals surface area contributed by atoms with Crippen molar-refractivity contribution < 1.29 is 61.5 Å². The summed E-state index contributed by atoms with van der Waals surface area (Å²) in [5.74, 6) is -3.98. The SMILES string of the molecule is CC(C)(C)C(=O)OCOC(=O)c1cc(=O)c2c(OCC(O)COc3cccc4oc(C(=O)OCOC(=O)C(C)(C)C)cc(=O)c34)cccc2o1. The van der Waals surface area contributed by atoms with Crippen LogP contribution in [-0.4, -0.2) is 61.9 Å². The number of hydrogen-bond acceptors (Lipinski definition) is 15. The van der Waals surface area contributed by atoms with Gasteiger partial charge in [-0.3, -0.25) is 19.2 Å². The van der Waals surface area contributed by atoms with Gasteiger partial charge >= 0.3 is 23.9 Å². The molecule has 0 saturated heterocycles. The molecule has 0 aliphatic rings. The van der Waals surface area contributed by atoms with Crippen molar-refractivity contribution in [2.45, 2.75) is 47.6 Å². The Morgan fingerprint density at radius 3 is 1.38 bits per heavy atom.